The van der Waals surface area contributed by atoms with Gasteiger partial charge in [0.05, 0.1) is 13.2 Å². The van der Waals surface area contributed by atoms with Crippen molar-refractivity contribution in [1.29, 1.82) is 0 Å². The van der Waals surface area contributed by atoms with Gasteiger partial charge in [-0.3, -0.25) is 0 Å². The summed E-state index contributed by atoms with van der Waals surface area (Å²) in [5.74, 6) is -0.391. The van der Waals surface area contributed by atoms with Crippen LogP contribution in [0.1, 0.15) is 26.2 Å². The summed E-state index contributed by atoms with van der Waals surface area (Å²) in [6, 6.07) is 15.0. The summed E-state index contributed by atoms with van der Waals surface area (Å²) < 4.78 is 15.7. The van der Waals surface area contributed by atoms with E-state index in [1.807, 2.05) is 0 Å². The first kappa shape index (κ1) is 24.3. The number of unbranched alkanes of at least 4 members (excludes halogenated alkanes) is 1. The Morgan fingerprint density at radius 3 is 1.91 bits per heavy atom. The van der Waals surface area contributed by atoms with Crippen LogP contribution in [0.2, 0.25) is 0 Å². The van der Waals surface area contributed by atoms with Gasteiger partial charge in [-0.05, 0) is 50.5 Å². The number of carbonyl (C=O) groups excluding carboxylic acids is 4. The minimum atomic E-state index is -1.29. The topological polar surface area (TPSA) is 112 Å². The Hall–Kier alpha value is -3.97. The van der Waals surface area contributed by atoms with Gasteiger partial charge in [0, 0.05) is 0 Å². The number of aliphatic imine (C=N–C) groups is 1. The van der Waals surface area contributed by atoms with Gasteiger partial charge in [-0.2, -0.15) is 4.90 Å². The van der Waals surface area contributed by atoms with Gasteiger partial charge < -0.3 is 14.2 Å². The van der Waals surface area contributed by atoms with E-state index >= 15 is 0 Å². The molecule has 2 aromatic rings. The molecule has 0 fully saturated rings. The summed E-state index contributed by atoms with van der Waals surface area (Å²) >= 11 is 0. The zero-order valence-corrected chi connectivity index (χ0v) is 17.6. The Kier molecular flexibility index (Phi) is 10.1. The standard InChI is InChI=1S/C23H24N2O7/c1-2-30-21(27)20(15-9-10-16-24-17-26)25(22(28)31-18-11-5-3-6-12-18)23(29)32-19-13-7-4-8-14-19/h3-8,11-14,20H,2,9-10,15-16H2,1H3. The van der Waals surface area contributed by atoms with E-state index < -0.39 is 24.2 Å². The van der Waals surface area contributed by atoms with Gasteiger partial charge in [-0.1, -0.05) is 36.4 Å². The van der Waals surface area contributed by atoms with Crippen LogP contribution in [-0.4, -0.2) is 48.3 Å². The van der Waals surface area contributed by atoms with Crippen LogP contribution in [-0.2, 0) is 14.3 Å². The van der Waals surface area contributed by atoms with Gasteiger partial charge in [0.2, 0.25) is 6.08 Å². The SMILES string of the molecule is CCOC(=O)C(CCCCN=C=O)N(C(=O)Oc1ccccc1)C(=O)Oc1ccccc1. The minimum absolute atomic E-state index is 0.0556. The summed E-state index contributed by atoms with van der Waals surface area (Å²) in [5, 5.41) is 0. The molecular weight excluding hydrogens is 416 g/mol. The smallest absolute Gasteiger partial charge is 0.425 e. The Morgan fingerprint density at radius 2 is 1.44 bits per heavy atom. The molecule has 1 atom stereocenters. The molecule has 0 aliphatic heterocycles. The van der Waals surface area contributed by atoms with Crippen molar-refractivity contribution in [2.75, 3.05) is 13.2 Å². The van der Waals surface area contributed by atoms with Crippen molar-refractivity contribution in [3.63, 3.8) is 0 Å². The molecule has 0 aliphatic carbocycles. The number of isocyanates is 1. The number of esters is 1. The number of imide groups is 1. The van der Waals surface area contributed by atoms with Crippen molar-refractivity contribution >= 4 is 24.2 Å². The second-order valence-electron chi connectivity index (χ2n) is 6.47. The maximum Gasteiger partial charge on any atom is 0.425 e. The van der Waals surface area contributed by atoms with Crippen molar-refractivity contribution in [3.05, 3.63) is 60.7 Å². The number of amides is 2. The van der Waals surface area contributed by atoms with Gasteiger partial charge >= 0.3 is 18.2 Å². The van der Waals surface area contributed by atoms with Crippen LogP contribution in [0.5, 0.6) is 11.5 Å². The molecule has 168 valence electrons. The Morgan fingerprint density at radius 1 is 0.906 bits per heavy atom. The number of para-hydroxylation sites is 2. The van der Waals surface area contributed by atoms with Crippen molar-refractivity contribution < 1.29 is 33.4 Å². The lowest BCUT2D eigenvalue weighted by atomic mass is 10.1. The molecule has 2 amide bonds. The maximum atomic E-state index is 13.0. The molecular formula is C23H24N2O7. The molecule has 9 nitrogen and oxygen atoms in total. The van der Waals surface area contributed by atoms with Crippen molar-refractivity contribution in [2.24, 2.45) is 4.99 Å². The van der Waals surface area contributed by atoms with Crippen molar-refractivity contribution in [3.8, 4) is 11.5 Å². The number of hydrogen-bond donors (Lipinski definition) is 0. The summed E-state index contributed by atoms with van der Waals surface area (Å²) in [6.07, 6.45) is 0.165. The van der Waals surface area contributed by atoms with Gasteiger partial charge in [-0.25, -0.2) is 24.2 Å². The van der Waals surface area contributed by atoms with E-state index in [4.69, 9.17) is 14.2 Å². The van der Waals surface area contributed by atoms with Crippen LogP contribution in [0.4, 0.5) is 9.59 Å². The molecule has 2 rings (SSSR count). The Labute approximate surface area is 185 Å². The molecule has 2 aromatic carbocycles. The van der Waals surface area contributed by atoms with Gasteiger partial charge in [0.1, 0.15) is 17.5 Å². The molecule has 0 N–H and O–H groups in total. The highest BCUT2D eigenvalue weighted by Crippen LogP contribution is 2.19. The molecule has 0 heterocycles. The van der Waals surface area contributed by atoms with E-state index in [0.29, 0.717) is 17.7 Å². The van der Waals surface area contributed by atoms with Gasteiger partial charge in [0.25, 0.3) is 0 Å². The fourth-order valence-electron chi connectivity index (χ4n) is 2.77. The molecule has 1 unspecified atom stereocenters. The van der Waals surface area contributed by atoms with E-state index in [2.05, 4.69) is 4.99 Å². The van der Waals surface area contributed by atoms with Gasteiger partial charge in [0.15, 0.2) is 0 Å². The summed E-state index contributed by atoms with van der Waals surface area (Å²) in [4.78, 5) is 52.9. The number of rotatable bonds is 10. The second kappa shape index (κ2) is 13.4. The van der Waals surface area contributed by atoms with Crippen molar-refractivity contribution in [1.82, 2.24) is 4.90 Å². The highest BCUT2D eigenvalue weighted by atomic mass is 16.6. The fourth-order valence-corrected chi connectivity index (χ4v) is 2.77. The lowest BCUT2D eigenvalue weighted by Crippen LogP contribution is -2.51. The molecule has 0 saturated carbocycles. The average Bonchev–Trinajstić information content (AvgIpc) is 2.79. The molecule has 0 radical (unpaired) electrons. The third-order valence-corrected chi connectivity index (χ3v) is 4.22. The summed E-state index contributed by atoms with van der Waals surface area (Å²) in [7, 11) is 0. The normalized spacial score (nSPS) is 10.9. The van der Waals surface area contributed by atoms with Crippen LogP contribution >= 0.6 is 0 Å². The Balaban J connectivity index is 2.29. The first-order chi connectivity index (χ1) is 15.6. The number of ether oxygens (including phenoxy) is 3. The average molecular weight is 440 g/mol. The molecule has 32 heavy (non-hydrogen) atoms. The highest BCUT2D eigenvalue weighted by Gasteiger charge is 2.38. The quantitative estimate of drug-likeness (QED) is 0.236. The maximum absolute atomic E-state index is 13.0. The number of nitrogens with zero attached hydrogens (tertiary/aromatic N) is 2. The third kappa shape index (κ3) is 7.70. The zero-order chi connectivity index (χ0) is 23.2. The lowest BCUT2D eigenvalue weighted by Gasteiger charge is -2.27. The van der Waals surface area contributed by atoms with E-state index in [9.17, 15) is 19.2 Å². The van der Waals surface area contributed by atoms with Crippen LogP contribution < -0.4 is 9.47 Å². The first-order valence-electron chi connectivity index (χ1n) is 10.1. The van der Waals surface area contributed by atoms with Crippen LogP contribution in [0.25, 0.3) is 0 Å². The van der Waals surface area contributed by atoms with E-state index in [1.54, 1.807) is 43.3 Å². The van der Waals surface area contributed by atoms with E-state index in [-0.39, 0.29) is 31.1 Å². The molecule has 0 saturated heterocycles. The Bertz CT molecular complexity index is 874. The summed E-state index contributed by atoms with van der Waals surface area (Å²) in [5.41, 5.74) is 0. The van der Waals surface area contributed by atoms with Crippen LogP contribution in [0, 0.1) is 0 Å². The van der Waals surface area contributed by atoms with E-state index in [0.717, 1.165) is 0 Å². The number of carbonyl (C=O) groups is 3. The summed E-state index contributed by atoms with van der Waals surface area (Å²) in [6.45, 7) is 1.88. The lowest BCUT2D eigenvalue weighted by molar-refractivity contribution is -0.148. The minimum Gasteiger partial charge on any atom is -0.464 e. The fraction of sp³-hybridized carbons (Fsp3) is 0.304. The van der Waals surface area contributed by atoms with Crippen molar-refractivity contribution in [2.45, 2.75) is 32.2 Å². The molecule has 0 spiro atoms. The van der Waals surface area contributed by atoms with Crippen LogP contribution in [0.3, 0.4) is 0 Å². The number of benzene rings is 2. The van der Waals surface area contributed by atoms with Gasteiger partial charge in [-0.15, -0.1) is 0 Å². The van der Waals surface area contributed by atoms with Crippen LogP contribution in [0.15, 0.2) is 65.7 Å². The molecule has 0 bridgehead atoms. The first-order valence-corrected chi connectivity index (χ1v) is 10.1. The number of hydrogen-bond acceptors (Lipinski definition) is 8. The predicted octanol–water partition coefficient (Wildman–Crippen LogP) is 4.12. The second-order valence-corrected chi connectivity index (χ2v) is 6.47. The molecule has 0 aliphatic rings. The third-order valence-electron chi connectivity index (χ3n) is 4.22. The molecule has 9 heteroatoms. The van der Waals surface area contributed by atoms with E-state index in [1.165, 1.54) is 30.3 Å². The monoisotopic (exact) mass is 440 g/mol. The highest BCUT2D eigenvalue weighted by molar-refractivity contribution is 5.95. The molecule has 0 aromatic heterocycles. The largest absolute Gasteiger partial charge is 0.464 e. The zero-order valence-electron chi connectivity index (χ0n) is 17.6. The predicted molar refractivity (Wildman–Crippen MR) is 114 cm³/mol.